The first-order valence-electron chi connectivity index (χ1n) is 7.53. The molecule has 128 valence electrons. The van der Waals surface area contributed by atoms with Crippen molar-refractivity contribution in [3.8, 4) is 10.4 Å². The molecule has 25 heavy (non-hydrogen) atoms. The average molecular weight is 438 g/mol. The Morgan fingerprint density at radius 3 is 2.72 bits per heavy atom. The van der Waals surface area contributed by atoms with Crippen LogP contribution in [0, 0.1) is 0 Å². The van der Waals surface area contributed by atoms with Gasteiger partial charge in [-0.1, -0.05) is 29.8 Å². The van der Waals surface area contributed by atoms with Crippen LogP contribution in [0.25, 0.3) is 10.4 Å². The lowest BCUT2D eigenvalue weighted by atomic mass is 10.2. The number of aromatic nitrogens is 1. The molecular weight excluding hydrogens is 424 g/mol. The van der Waals surface area contributed by atoms with Gasteiger partial charge < -0.3 is 10.1 Å². The Labute approximate surface area is 162 Å². The number of ether oxygens (including phenoxy) is 1. The minimum Gasteiger partial charge on any atom is -0.462 e. The van der Waals surface area contributed by atoms with Gasteiger partial charge in [0.05, 0.1) is 12.3 Å². The number of hydrogen-bond acceptors (Lipinski definition) is 5. The van der Waals surface area contributed by atoms with Crippen molar-refractivity contribution in [2.45, 2.75) is 6.92 Å². The summed E-state index contributed by atoms with van der Waals surface area (Å²) in [4.78, 5) is 18.1. The SMILES string of the molecule is CCOC(=O)c1sc(-c2ccc(Cl)cc2)cc1Nc1cccc(Br)n1. The molecule has 0 aliphatic rings. The third-order valence-corrected chi connectivity index (χ3v) is 5.16. The Balaban J connectivity index is 1.99. The van der Waals surface area contributed by atoms with Crippen LogP contribution >= 0.6 is 38.9 Å². The lowest BCUT2D eigenvalue weighted by Crippen LogP contribution is -2.05. The van der Waals surface area contributed by atoms with E-state index in [9.17, 15) is 4.79 Å². The highest BCUT2D eigenvalue weighted by Crippen LogP contribution is 2.37. The summed E-state index contributed by atoms with van der Waals surface area (Å²) in [7, 11) is 0. The van der Waals surface area contributed by atoms with Gasteiger partial charge in [0.1, 0.15) is 15.3 Å². The first-order chi connectivity index (χ1) is 12.1. The predicted octanol–water partition coefficient (Wildman–Crippen LogP) is 6.15. The fourth-order valence-corrected chi connectivity index (χ4v) is 3.69. The minimum atomic E-state index is -0.356. The number of hydrogen-bond donors (Lipinski definition) is 1. The predicted molar refractivity (Wildman–Crippen MR) is 106 cm³/mol. The Kier molecular flexibility index (Phi) is 5.73. The fraction of sp³-hybridized carbons (Fsp3) is 0.111. The van der Waals surface area contributed by atoms with Crippen LogP contribution in [0.15, 0.2) is 53.1 Å². The summed E-state index contributed by atoms with van der Waals surface area (Å²) in [6.07, 6.45) is 0. The van der Waals surface area contributed by atoms with Crippen LogP contribution < -0.4 is 5.32 Å². The molecule has 3 rings (SSSR count). The van der Waals surface area contributed by atoms with Crippen molar-refractivity contribution in [1.82, 2.24) is 4.98 Å². The third kappa shape index (κ3) is 4.39. The molecule has 1 N–H and O–H groups in total. The van der Waals surface area contributed by atoms with Crippen LogP contribution in [-0.4, -0.2) is 17.6 Å². The van der Waals surface area contributed by atoms with Gasteiger partial charge in [0.25, 0.3) is 0 Å². The van der Waals surface area contributed by atoms with Crippen LogP contribution in [-0.2, 0) is 4.74 Å². The zero-order valence-electron chi connectivity index (χ0n) is 13.3. The molecule has 0 amide bonds. The lowest BCUT2D eigenvalue weighted by Gasteiger charge is -2.06. The Bertz CT molecular complexity index is 896. The highest BCUT2D eigenvalue weighted by molar-refractivity contribution is 9.10. The van der Waals surface area contributed by atoms with E-state index < -0.39 is 0 Å². The second-order valence-corrected chi connectivity index (χ2v) is 7.35. The molecule has 0 bridgehead atoms. The number of benzene rings is 1. The smallest absolute Gasteiger partial charge is 0.350 e. The quantitative estimate of drug-likeness (QED) is 0.384. The van der Waals surface area contributed by atoms with Crippen LogP contribution in [0.3, 0.4) is 0 Å². The van der Waals surface area contributed by atoms with Gasteiger partial charge in [-0.3, -0.25) is 0 Å². The standard InChI is InChI=1S/C18H14BrClN2O2S/c1-2-24-18(23)17-13(21-16-5-3-4-15(19)22-16)10-14(25-17)11-6-8-12(20)9-7-11/h3-10H,2H2,1H3,(H,21,22). The fourth-order valence-electron chi connectivity index (χ4n) is 2.20. The number of nitrogens with one attached hydrogen (secondary N) is 1. The molecule has 2 aromatic heterocycles. The Morgan fingerprint density at radius 1 is 1.28 bits per heavy atom. The second kappa shape index (κ2) is 7.99. The molecule has 0 radical (unpaired) electrons. The molecule has 0 unspecified atom stereocenters. The average Bonchev–Trinajstić information content (AvgIpc) is 2.99. The topological polar surface area (TPSA) is 51.2 Å². The summed E-state index contributed by atoms with van der Waals surface area (Å²) in [6, 6.07) is 14.9. The summed E-state index contributed by atoms with van der Waals surface area (Å²) < 4.78 is 5.89. The molecule has 0 aliphatic heterocycles. The number of halogens is 2. The molecule has 0 spiro atoms. The second-order valence-electron chi connectivity index (χ2n) is 5.05. The van der Waals surface area contributed by atoms with E-state index in [2.05, 4.69) is 26.2 Å². The van der Waals surface area contributed by atoms with E-state index in [0.29, 0.717) is 32.6 Å². The molecule has 2 heterocycles. The van der Waals surface area contributed by atoms with Gasteiger partial charge in [0.15, 0.2) is 0 Å². The summed E-state index contributed by atoms with van der Waals surface area (Å²) in [5.74, 6) is 0.283. The van der Waals surface area contributed by atoms with Crippen molar-refractivity contribution in [3.05, 3.63) is 63.0 Å². The highest BCUT2D eigenvalue weighted by atomic mass is 79.9. The van der Waals surface area contributed by atoms with E-state index in [1.807, 2.05) is 48.5 Å². The molecule has 0 aliphatic carbocycles. The van der Waals surface area contributed by atoms with E-state index in [4.69, 9.17) is 16.3 Å². The van der Waals surface area contributed by atoms with Crippen molar-refractivity contribution in [3.63, 3.8) is 0 Å². The maximum absolute atomic E-state index is 12.3. The molecule has 0 atom stereocenters. The van der Waals surface area contributed by atoms with Crippen molar-refractivity contribution in [2.75, 3.05) is 11.9 Å². The van der Waals surface area contributed by atoms with Gasteiger partial charge in [-0.25, -0.2) is 9.78 Å². The van der Waals surface area contributed by atoms with E-state index in [1.54, 1.807) is 6.92 Å². The number of anilines is 2. The molecule has 0 saturated carbocycles. The number of rotatable bonds is 5. The molecule has 7 heteroatoms. The minimum absolute atomic E-state index is 0.321. The first kappa shape index (κ1) is 17.9. The number of thiophene rings is 1. The zero-order chi connectivity index (χ0) is 17.8. The molecule has 0 fully saturated rings. The number of carbonyl (C=O) groups excluding carboxylic acids is 1. The van der Waals surface area contributed by atoms with Crippen molar-refractivity contribution in [2.24, 2.45) is 0 Å². The van der Waals surface area contributed by atoms with E-state index >= 15 is 0 Å². The number of pyridine rings is 1. The van der Waals surface area contributed by atoms with Crippen molar-refractivity contribution in [1.29, 1.82) is 0 Å². The van der Waals surface area contributed by atoms with Gasteiger partial charge in [0, 0.05) is 9.90 Å². The Morgan fingerprint density at radius 2 is 2.04 bits per heavy atom. The van der Waals surface area contributed by atoms with E-state index in [-0.39, 0.29) is 5.97 Å². The summed E-state index contributed by atoms with van der Waals surface area (Å²) >= 11 is 10.7. The van der Waals surface area contributed by atoms with Crippen molar-refractivity contribution < 1.29 is 9.53 Å². The van der Waals surface area contributed by atoms with E-state index in [0.717, 1.165) is 10.4 Å². The van der Waals surface area contributed by atoms with Crippen LogP contribution in [0.5, 0.6) is 0 Å². The third-order valence-electron chi connectivity index (χ3n) is 3.30. The van der Waals surface area contributed by atoms with Gasteiger partial charge >= 0.3 is 5.97 Å². The molecule has 4 nitrogen and oxygen atoms in total. The summed E-state index contributed by atoms with van der Waals surface area (Å²) in [5, 5.41) is 3.87. The normalized spacial score (nSPS) is 10.5. The van der Waals surface area contributed by atoms with E-state index in [1.165, 1.54) is 11.3 Å². The first-order valence-corrected chi connectivity index (χ1v) is 9.52. The molecule has 1 aromatic carbocycles. The van der Waals surface area contributed by atoms with Gasteiger partial charge in [-0.15, -0.1) is 11.3 Å². The Hall–Kier alpha value is -1.89. The molecule has 3 aromatic rings. The van der Waals surface area contributed by atoms with Crippen molar-refractivity contribution >= 4 is 56.3 Å². The number of esters is 1. The summed E-state index contributed by atoms with van der Waals surface area (Å²) in [5.41, 5.74) is 1.65. The highest BCUT2D eigenvalue weighted by Gasteiger charge is 2.19. The maximum atomic E-state index is 12.3. The van der Waals surface area contributed by atoms with Gasteiger partial charge in [-0.05, 0) is 58.7 Å². The maximum Gasteiger partial charge on any atom is 0.350 e. The van der Waals surface area contributed by atoms with Gasteiger partial charge in [0.2, 0.25) is 0 Å². The molecule has 0 saturated heterocycles. The zero-order valence-corrected chi connectivity index (χ0v) is 16.4. The summed E-state index contributed by atoms with van der Waals surface area (Å²) in [6.45, 7) is 2.11. The van der Waals surface area contributed by atoms with Gasteiger partial charge in [-0.2, -0.15) is 0 Å². The van der Waals surface area contributed by atoms with Crippen LogP contribution in [0.1, 0.15) is 16.6 Å². The lowest BCUT2D eigenvalue weighted by molar-refractivity contribution is 0.0533. The monoisotopic (exact) mass is 436 g/mol. The molecular formula is C18H14BrClN2O2S. The largest absolute Gasteiger partial charge is 0.462 e. The van der Waals surface area contributed by atoms with Crippen LogP contribution in [0.2, 0.25) is 5.02 Å². The van der Waals surface area contributed by atoms with Crippen LogP contribution in [0.4, 0.5) is 11.5 Å². The number of carbonyl (C=O) groups is 1. The number of nitrogens with zero attached hydrogens (tertiary/aromatic N) is 1.